The van der Waals surface area contributed by atoms with E-state index in [9.17, 15) is 4.79 Å². The van der Waals surface area contributed by atoms with E-state index in [-0.39, 0.29) is 5.91 Å². The number of hydrogen-bond acceptors (Lipinski definition) is 5. The Morgan fingerprint density at radius 2 is 1.50 bits per heavy atom. The molecule has 2 aliphatic rings. The summed E-state index contributed by atoms with van der Waals surface area (Å²) in [5.74, 6) is -0.112. The fourth-order valence-corrected chi connectivity index (χ4v) is 4.67. The van der Waals surface area contributed by atoms with E-state index in [1.807, 2.05) is 89.6 Å². The van der Waals surface area contributed by atoms with Crippen LogP contribution >= 0.6 is 30.3 Å². The van der Waals surface area contributed by atoms with Gasteiger partial charge in [-0.3, -0.25) is 14.5 Å². The summed E-state index contributed by atoms with van der Waals surface area (Å²) >= 11 is -1.33. The number of halogens is 3. The standard InChI is InChI=1S/C30H26N6O2.3ClH.Fe/c1-20(37)35(13-14-38-2)36-27-17-25-10-8-23(33-25)15-21-6-7-22(32-21)16-24-9-11-26(34-24)18-30(36)28(19-27)29-5-3-4-12-31-29;;;;/h3-12,15-19,32H,13-14H2,1-2H3;3*1H;/q;;;;+3/p-3. The predicted octanol–water partition coefficient (Wildman–Crippen LogP) is 7.39. The minimum absolute atomic E-state index is 0.112. The first-order valence-electron chi connectivity index (χ1n) is 12.8. The van der Waals surface area contributed by atoms with E-state index < -0.39 is 11.2 Å². The summed E-state index contributed by atoms with van der Waals surface area (Å²) in [4.78, 5) is 30.6. The van der Waals surface area contributed by atoms with Crippen LogP contribution in [0.3, 0.4) is 0 Å². The molecule has 0 fully saturated rings. The topological polar surface area (TPSA) is 88.9 Å². The summed E-state index contributed by atoms with van der Waals surface area (Å²) < 4.78 is 7.26. The van der Waals surface area contributed by atoms with Crippen LogP contribution in [0.2, 0.25) is 0 Å². The fraction of sp³-hybridized carbons (Fsp3) is 0.133. The monoisotopic (exact) mass is 663 g/mol. The number of H-pyrrole nitrogens is 1. The number of pyridine rings is 1. The van der Waals surface area contributed by atoms with E-state index in [0.29, 0.717) is 13.2 Å². The van der Waals surface area contributed by atoms with Crippen molar-refractivity contribution in [1.29, 1.82) is 0 Å². The zero-order chi connectivity index (χ0) is 29.6. The van der Waals surface area contributed by atoms with E-state index in [4.69, 9.17) is 45.0 Å². The van der Waals surface area contributed by atoms with Crippen molar-refractivity contribution in [3.8, 4) is 11.3 Å². The van der Waals surface area contributed by atoms with Crippen molar-refractivity contribution in [2.24, 2.45) is 0 Å². The van der Waals surface area contributed by atoms with Crippen LogP contribution in [0.25, 0.3) is 57.6 Å². The molecule has 6 rings (SSSR count). The maximum absolute atomic E-state index is 13.0. The molecule has 4 aromatic heterocycles. The Morgan fingerprint density at radius 1 is 0.905 bits per heavy atom. The first-order chi connectivity index (χ1) is 20.3. The second kappa shape index (κ2) is 13.7. The molecular weight excluding hydrogens is 639 g/mol. The van der Waals surface area contributed by atoms with E-state index in [2.05, 4.69) is 9.97 Å². The van der Waals surface area contributed by atoms with Crippen LogP contribution in [-0.4, -0.2) is 50.8 Å². The first kappa shape index (κ1) is 30.0. The van der Waals surface area contributed by atoms with E-state index in [1.54, 1.807) is 25.2 Å². The molecule has 0 atom stereocenters. The molecule has 0 saturated heterocycles. The number of carbonyl (C=O) groups excluding carboxylic acids is 1. The van der Waals surface area contributed by atoms with Crippen molar-refractivity contribution in [3.63, 3.8) is 0 Å². The molecule has 4 aromatic rings. The molecule has 1 amide bonds. The van der Waals surface area contributed by atoms with E-state index in [1.165, 1.54) is 0 Å². The molecule has 0 saturated carbocycles. The number of aromatic nitrogens is 5. The van der Waals surface area contributed by atoms with Crippen LogP contribution in [0.15, 0.2) is 66.9 Å². The van der Waals surface area contributed by atoms with Gasteiger partial charge in [0.1, 0.15) is 0 Å². The van der Waals surface area contributed by atoms with Crippen molar-refractivity contribution in [1.82, 2.24) is 24.6 Å². The Balaban J connectivity index is 0.000000830. The van der Waals surface area contributed by atoms with E-state index in [0.717, 1.165) is 56.1 Å². The van der Waals surface area contributed by atoms with Gasteiger partial charge in [-0.1, -0.05) is 6.07 Å². The molecule has 0 radical (unpaired) electrons. The summed E-state index contributed by atoms with van der Waals surface area (Å²) in [6.07, 6.45) is 9.67. The molecule has 0 aliphatic carbocycles. The molecule has 0 spiro atoms. The predicted molar refractivity (Wildman–Crippen MR) is 169 cm³/mol. The molecule has 0 aromatic carbocycles. The van der Waals surface area contributed by atoms with Crippen LogP contribution in [0.1, 0.15) is 29.7 Å². The van der Waals surface area contributed by atoms with Gasteiger partial charge in [-0.15, -0.1) is 0 Å². The van der Waals surface area contributed by atoms with Crippen LogP contribution in [0.4, 0.5) is 0 Å². The zero-order valence-corrected chi connectivity index (χ0v) is 26.0. The number of amides is 1. The van der Waals surface area contributed by atoms with Gasteiger partial charge < -0.3 is 9.72 Å². The average Bonchev–Trinajstić information content (AvgIpc) is 3.75. The van der Waals surface area contributed by atoms with Gasteiger partial charge in [0.15, 0.2) is 0 Å². The molecule has 8 nitrogen and oxygen atoms in total. The maximum atomic E-state index is 13.0. The Bertz CT molecular complexity index is 1820. The third-order valence-corrected chi connectivity index (χ3v) is 6.38. The van der Waals surface area contributed by atoms with Crippen LogP contribution in [0, 0.1) is 0 Å². The van der Waals surface area contributed by atoms with Crippen molar-refractivity contribution in [2.45, 2.75) is 6.92 Å². The molecule has 1 N–H and O–H groups in total. The quantitative estimate of drug-likeness (QED) is 0.194. The number of nitrogens with zero attached hydrogens (tertiary/aromatic N) is 5. The molecular formula is C30H26Cl3FeN6O2. The Hall–Kier alpha value is -3.43. The van der Waals surface area contributed by atoms with Crippen molar-refractivity contribution in [2.75, 3.05) is 25.3 Å². The number of carbonyl (C=O) groups is 1. The molecule has 2 aliphatic heterocycles. The van der Waals surface area contributed by atoms with Gasteiger partial charge in [-0.05, 0) is 78.9 Å². The van der Waals surface area contributed by atoms with Crippen LogP contribution in [-0.2, 0) is 20.7 Å². The number of methoxy groups -OCH3 is 1. The van der Waals surface area contributed by atoms with Crippen LogP contribution in [0.5, 0.6) is 0 Å². The summed E-state index contributed by atoms with van der Waals surface area (Å²) in [6.45, 7) is 2.31. The number of rotatable bonds is 5. The number of nitrogens with one attached hydrogen (secondary N) is 1. The van der Waals surface area contributed by atoms with Crippen molar-refractivity contribution >= 4 is 82.6 Å². The van der Waals surface area contributed by atoms with Gasteiger partial charge >= 0.3 is 41.5 Å². The SMILES string of the molecule is COCCN(C(C)=O)n1c2cc3nc(cc4ccc(cc5nc(cc1c(-c1ccccn1)c2)C=C5)[nH]4)C=C3.[Cl][Fe]([Cl])[Cl]. The molecule has 12 heteroatoms. The molecule has 217 valence electrons. The third kappa shape index (κ3) is 7.31. The van der Waals surface area contributed by atoms with Gasteiger partial charge in [-0.2, -0.15) is 0 Å². The summed E-state index contributed by atoms with van der Waals surface area (Å²) in [5, 5.41) is 1.68. The second-order valence-corrected chi connectivity index (χ2v) is 14.7. The molecule has 0 unspecified atom stereocenters. The number of hydrogen-bond donors (Lipinski definition) is 1. The normalized spacial score (nSPS) is 12.1. The minimum atomic E-state index is -1.33. The average molecular weight is 665 g/mol. The zero-order valence-electron chi connectivity index (χ0n) is 22.6. The van der Waals surface area contributed by atoms with Gasteiger partial charge in [0.05, 0.1) is 52.7 Å². The van der Waals surface area contributed by atoms with Crippen molar-refractivity contribution in [3.05, 3.63) is 89.6 Å². The Kier molecular flexibility index (Phi) is 9.80. The molecule has 42 heavy (non-hydrogen) atoms. The van der Waals surface area contributed by atoms with Gasteiger partial charge in [-0.25, -0.2) is 15.0 Å². The van der Waals surface area contributed by atoms with Gasteiger partial charge in [0.25, 0.3) is 0 Å². The summed E-state index contributed by atoms with van der Waals surface area (Å²) in [5.41, 5.74) is 8.38. The number of ether oxygens (including phenoxy) is 1. The summed E-state index contributed by atoms with van der Waals surface area (Å²) in [6, 6.07) is 19.9. The number of aromatic amines is 1. The number of fused-ring (bicyclic) bond motifs is 8. The van der Waals surface area contributed by atoms with Crippen LogP contribution < -0.4 is 5.01 Å². The summed E-state index contributed by atoms with van der Waals surface area (Å²) in [7, 11) is 16.3. The Morgan fingerprint density at radius 3 is 2.05 bits per heavy atom. The van der Waals surface area contributed by atoms with Gasteiger partial charge in [0.2, 0.25) is 5.91 Å². The Labute approximate surface area is 259 Å². The first-order valence-corrected chi connectivity index (χ1v) is 17.3. The molecule has 6 heterocycles. The van der Waals surface area contributed by atoms with Crippen molar-refractivity contribution < 1.29 is 20.7 Å². The third-order valence-electron chi connectivity index (χ3n) is 6.38. The van der Waals surface area contributed by atoms with E-state index >= 15 is 0 Å². The fourth-order valence-electron chi connectivity index (χ4n) is 4.67. The second-order valence-electron chi connectivity index (χ2n) is 9.22. The van der Waals surface area contributed by atoms with Gasteiger partial charge in [0, 0.05) is 36.8 Å². The molecule has 8 bridgehead atoms.